The van der Waals surface area contributed by atoms with Crippen LogP contribution in [0.5, 0.6) is 0 Å². The summed E-state index contributed by atoms with van der Waals surface area (Å²) in [5.74, 6) is -0.876. The Hall–Kier alpha value is -3.99. The summed E-state index contributed by atoms with van der Waals surface area (Å²) in [4.78, 5) is 41.0. The molecule has 9 nitrogen and oxygen atoms in total. The molecule has 3 aromatic rings. The van der Waals surface area contributed by atoms with Crippen LogP contribution in [0.15, 0.2) is 35.7 Å². The molecule has 0 aromatic carbocycles. The quantitative estimate of drug-likeness (QED) is 0.164. The molecule has 0 aliphatic carbocycles. The number of allylic oxidation sites excluding steroid dienone is 3. The van der Waals surface area contributed by atoms with Gasteiger partial charge in [-0.2, -0.15) is 11.4 Å². The Morgan fingerprint density at radius 3 is 2.34 bits per heavy atom. The molecule has 2 atom stereocenters. The van der Waals surface area contributed by atoms with E-state index in [9.17, 15) is 9.59 Å². The van der Waals surface area contributed by atoms with Gasteiger partial charge in [-0.25, -0.2) is 0 Å². The summed E-state index contributed by atoms with van der Waals surface area (Å²) in [6.45, 7) is 18.9. The Labute approximate surface area is 311 Å². The van der Waals surface area contributed by atoms with Crippen LogP contribution in [0.4, 0.5) is 0 Å². The molecule has 0 unspecified atom stereocenters. The van der Waals surface area contributed by atoms with Gasteiger partial charge in [0.05, 0.1) is 13.5 Å². The number of carbonyl (C=O) groups is 2. The normalized spacial score (nSPS) is 20.5. The first-order chi connectivity index (χ1) is 23.0. The van der Waals surface area contributed by atoms with E-state index in [1.165, 1.54) is 12.7 Å². The van der Waals surface area contributed by atoms with E-state index in [0.717, 1.165) is 79.8 Å². The molecule has 2 aliphatic heterocycles. The standard InChI is InChI=1S/C40H46N4O4.Mg.H2O/c1-10-22(4)15-16-48-38(45)14-13-29-26(8)34-20-32-24(6)28(12-3)37(42-32)21-33-25(7)27(11-2)36(43-33)19-31-23(5)17-35(41-31)30(40(29)44-34)18-39(46)47-9;;/h12,15,17,19-21,26,29H,3,10-11,13-14,16,18H2,1-2,4-9H3;;1H2/q-4;+2;/b22-15+,33-21-,34-20-,36-19-,40-30-;;/t26-,29-;;/m0../s1. The van der Waals surface area contributed by atoms with Crippen molar-refractivity contribution in [3.8, 4) is 0 Å². The number of carbonyl (C=O) groups excluding carboxylic acids is 2. The zero-order valence-electron chi connectivity index (χ0n) is 30.7. The van der Waals surface area contributed by atoms with Crippen molar-refractivity contribution >= 4 is 64.9 Å². The van der Waals surface area contributed by atoms with Crippen LogP contribution in [0, 0.1) is 32.6 Å². The predicted molar refractivity (Wildman–Crippen MR) is 201 cm³/mol. The van der Waals surface area contributed by atoms with E-state index in [0.29, 0.717) is 17.7 Å². The fourth-order valence-corrected chi connectivity index (χ4v) is 6.58. The summed E-state index contributed by atoms with van der Waals surface area (Å²) in [6.07, 6.45) is 12.3. The molecule has 50 heavy (non-hydrogen) atoms. The Kier molecular flexibility index (Phi) is 14.0. The number of rotatable bonds is 10. The minimum atomic E-state index is -0.384. The van der Waals surface area contributed by atoms with Crippen molar-refractivity contribution in [3.63, 3.8) is 0 Å². The summed E-state index contributed by atoms with van der Waals surface area (Å²) in [6, 6.07) is 2.00. The Balaban J connectivity index is 0.00000338. The number of hydrogen-bond acceptors (Lipinski definition) is 4. The number of aromatic nitrogens is 3. The molecule has 8 bridgehead atoms. The fraction of sp³-hybridized carbons (Fsp3) is 0.400. The van der Waals surface area contributed by atoms with Gasteiger partial charge >= 0.3 is 35.0 Å². The van der Waals surface area contributed by atoms with E-state index in [1.807, 2.05) is 57.2 Å². The molecule has 1 fully saturated rings. The van der Waals surface area contributed by atoms with Crippen LogP contribution in [-0.4, -0.2) is 54.2 Å². The summed E-state index contributed by atoms with van der Waals surface area (Å²) in [7, 11) is 1.39. The van der Waals surface area contributed by atoms with Crippen LogP contribution >= 0.6 is 0 Å². The summed E-state index contributed by atoms with van der Waals surface area (Å²) >= 11 is 0. The molecule has 0 amide bonds. The molecule has 0 saturated carbocycles. The van der Waals surface area contributed by atoms with E-state index in [-0.39, 0.29) is 71.8 Å². The van der Waals surface area contributed by atoms with Crippen molar-refractivity contribution in [2.24, 2.45) is 11.8 Å². The largest absolute Gasteiger partial charge is 2.00 e. The van der Waals surface area contributed by atoms with Crippen molar-refractivity contribution in [1.29, 1.82) is 0 Å². The molecule has 10 heteroatoms. The van der Waals surface area contributed by atoms with Crippen LogP contribution in [-0.2, 0) is 25.5 Å². The van der Waals surface area contributed by atoms with Crippen LogP contribution in [0.25, 0.3) is 35.2 Å². The van der Waals surface area contributed by atoms with E-state index in [2.05, 4.69) is 34.3 Å². The molecule has 0 radical (unpaired) electrons. The van der Waals surface area contributed by atoms with Gasteiger partial charge in [0, 0.05) is 6.42 Å². The molecule has 2 N–H and O–H groups in total. The first-order valence-corrected chi connectivity index (χ1v) is 16.8. The first-order valence-electron chi connectivity index (χ1n) is 16.8. The minimum Gasteiger partial charge on any atom is -0.664 e. The maximum absolute atomic E-state index is 12.9. The van der Waals surface area contributed by atoms with Crippen LogP contribution in [0.3, 0.4) is 0 Å². The summed E-state index contributed by atoms with van der Waals surface area (Å²) in [5.41, 5.74) is 11.7. The van der Waals surface area contributed by atoms with Gasteiger partial charge in [0.2, 0.25) is 0 Å². The van der Waals surface area contributed by atoms with Crippen LogP contribution in [0.1, 0.15) is 104 Å². The molecule has 262 valence electrons. The number of fused-ring (bicyclic) bond motifs is 8. The molecule has 2 aliphatic rings. The molecule has 5 rings (SSSR count). The van der Waals surface area contributed by atoms with E-state index >= 15 is 0 Å². The Bertz CT molecular complexity index is 1970. The van der Waals surface area contributed by atoms with Gasteiger partial charge in [0.25, 0.3) is 0 Å². The summed E-state index contributed by atoms with van der Waals surface area (Å²) in [5, 5.41) is 6.94. The van der Waals surface area contributed by atoms with Gasteiger partial charge in [-0.3, -0.25) is 9.59 Å². The van der Waals surface area contributed by atoms with Crippen molar-refractivity contribution in [2.45, 2.75) is 80.6 Å². The van der Waals surface area contributed by atoms with Gasteiger partial charge in [-0.1, -0.05) is 91.1 Å². The molecular weight excluding hydrogens is 641 g/mol. The van der Waals surface area contributed by atoms with Gasteiger partial charge in [0.15, 0.2) is 0 Å². The first kappa shape index (κ1) is 40.4. The number of ether oxygens (including phenoxy) is 2. The zero-order valence-corrected chi connectivity index (χ0v) is 32.1. The second kappa shape index (κ2) is 17.3. The van der Waals surface area contributed by atoms with Gasteiger partial charge in [-0.15, -0.1) is 33.5 Å². The average Bonchev–Trinajstić information content (AvgIpc) is 3.76. The fourth-order valence-electron chi connectivity index (χ4n) is 6.58. The molecule has 0 spiro atoms. The van der Waals surface area contributed by atoms with Crippen molar-refractivity contribution < 1.29 is 24.5 Å². The average molecular weight is 689 g/mol. The third-order valence-corrected chi connectivity index (χ3v) is 9.81. The monoisotopic (exact) mass is 688 g/mol. The topological polar surface area (TPSA) is 140 Å². The number of esters is 2. The maximum Gasteiger partial charge on any atom is 2.00 e. The Morgan fingerprint density at radius 2 is 1.68 bits per heavy atom. The minimum absolute atomic E-state index is 0. The number of nitrogens with zero attached hydrogens (tertiary/aromatic N) is 4. The van der Waals surface area contributed by atoms with Gasteiger partial charge in [0.1, 0.15) is 6.61 Å². The molecule has 3 aromatic heterocycles. The van der Waals surface area contributed by atoms with Crippen molar-refractivity contribution in [1.82, 2.24) is 15.0 Å². The maximum atomic E-state index is 12.9. The van der Waals surface area contributed by atoms with E-state index < -0.39 is 0 Å². The number of methoxy groups -OCH3 is 1. The second-order valence-corrected chi connectivity index (χ2v) is 12.8. The molecule has 5 heterocycles. The van der Waals surface area contributed by atoms with Gasteiger partial charge in [-0.05, 0) is 70.4 Å². The Morgan fingerprint density at radius 1 is 0.960 bits per heavy atom. The smallest absolute Gasteiger partial charge is 0.664 e. The predicted octanol–water partition coefficient (Wildman–Crippen LogP) is 5.09. The van der Waals surface area contributed by atoms with Crippen molar-refractivity contribution in [3.05, 3.63) is 102 Å². The number of aryl methyl sites for hydroxylation is 1. The number of hydrogen-bond donors (Lipinski definition) is 0. The second-order valence-electron chi connectivity index (χ2n) is 12.8. The van der Waals surface area contributed by atoms with Gasteiger partial charge < -0.3 is 35.2 Å². The third-order valence-electron chi connectivity index (χ3n) is 9.81. The summed E-state index contributed by atoms with van der Waals surface area (Å²) < 4.78 is 10.7. The van der Waals surface area contributed by atoms with E-state index in [1.54, 1.807) is 0 Å². The van der Waals surface area contributed by atoms with Crippen LogP contribution < -0.4 is 25.7 Å². The van der Waals surface area contributed by atoms with Crippen molar-refractivity contribution in [2.75, 3.05) is 13.7 Å². The molecule has 1 saturated heterocycles. The zero-order chi connectivity index (χ0) is 34.7. The molecular formula is C40H48MgN4O5-2. The van der Waals surface area contributed by atoms with E-state index in [4.69, 9.17) is 29.7 Å². The SMILES string of the molecule is C=Cc1c2[n-]c(c1C)/C=C1\[N-]/C(=C(/CC(=O)OC)c3cc(C)c([n-]3)/C=c3\[n-]/c(c(C)c3CC)=C\2)[C@@H](CCC(=O)OC/C=C(\C)CC)[C@@H]1C.O.[Mg+2]. The third kappa shape index (κ3) is 8.30. The van der Waals surface area contributed by atoms with Crippen LogP contribution in [0.2, 0.25) is 0 Å².